The molecule has 15 heavy (non-hydrogen) atoms. The lowest BCUT2D eigenvalue weighted by Gasteiger charge is -2.24. The Hall–Kier alpha value is -0.0400. The topological polar surface area (TPSA) is 12.0 Å². The van der Waals surface area contributed by atoms with Gasteiger partial charge in [-0.05, 0) is 75.2 Å². The molecule has 0 aromatic rings. The Morgan fingerprint density at radius 1 is 1.13 bits per heavy atom. The van der Waals surface area contributed by atoms with Crippen molar-refractivity contribution in [2.24, 2.45) is 23.2 Å². The quantitative estimate of drug-likeness (QED) is 0.705. The average Bonchev–Trinajstić information content (AvgIpc) is 3.05. The fourth-order valence-electron chi connectivity index (χ4n) is 2.96. The largest absolute Gasteiger partial charge is 0.313 e. The molecule has 0 spiro atoms. The second-order valence-electron chi connectivity index (χ2n) is 6.62. The SMILES string of the molecule is CC(NCC(C1CC1)C1CC1)C1(C)CC1. The van der Waals surface area contributed by atoms with Crippen LogP contribution >= 0.6 is 0 Å². The molecule has 1 heteroatoms. The second kappa shape index (κ2) is 3.48. The lowest BCUT2D eigenvalue weighted by atomic mass is 9.95. The zero-order valence-corrected chi connectivity index (χ0v) is 10.3. The summed E-state index contributed by atoms with van der Waals surface area (Å²) < 4.78 is 0. The van der Waals surface area contributed by atoms with Gasteiger partial charge in [-0.2, -0.15) is 0 Å². The van der Waals surface area contributed by atoms with Crippen molar-refractivity contribution in [3.05, 3.63) is 0 Å². The molecule has 1 nitrogen and oxygen atoms in total. The highest BCUT2D eigenvalue weighted by Gasteiger charge is 2.44. The van der Waals surface area contributed by atoms with Crippen LogP contribution in [0.25, 0.3) is 0 Å². The van der Waals surface area contributed by atoms with E-state index in [2.05, 4.69) is 19.2 Å². The minimum absolute atomic E-state index is 0.650. The molecule has 3 rings (SSSR count). The molecule has 3 aliphatic rings. The molecule has 0 aliphatic heterocycles. The smallest absolute Gasteiger partial charge is 0.00926 e. The summed E-state index contributed by atoms with van der Waals surface area (Å²) in [4.78, 5) is 0. The third-order valence-corrected chi connectivity index (χ3v) is 5.20. The van der Waals surface area contributed by atoms with Crippen molar-refractivity contribution in [1.82, 2.24) is 5.32 Å². The van der Waals surface area contributed by atoms with E-state index in [1.54, 1.807) is 0 Å². The first-order valence-corrected chi connectivity index (χ1v) is 6.92. The Bertz CT molecular complexity index is 224. The molecule has 0 heterocycles. The molecule has 1 unspecified atom stereocenters. The molecule has 1 N–H and O–H groups in total. The molecule has 3 saturated carbocycles. The highest BCUT2D eigenvalue weighted by atomic mass is 14.9. The van der Waals surface area contributed by atoms with Crippen LogP contribution in [-0.2, 0) is 0 Å². The van der Waals surface area contributed by atoms with E-state index in [1.165, 1.54) is 45.1 Å². The van der Waals surface area contributed by atoms with Crippen LogP contribution in [0.2, 0.25) is 0 Å². The van der Waals surface area contributed by atoms with E-state index in [0.717, 1.165) is 23.8 Å². The van der Waals surface area contributed by atoms with Crippen molar-refractivity contribution in [1.29, 1.82) is 0 Å². The minimum atomic E-state index is 0.650. The number of hydrogen-bond acceptors (Lipinski definition) is 1. The highest BCUT2D eigenvalue weighted by Crippen LogP contribution is 2.50. The van der Waals surface area contributed by atoms with Gasteiger partial charge in [0, 0.05) is 6.04 Å². The molecule has 0 amide bonds. The van der Waals surface area contributed by atoms with Crippen molar-refractivity contribution < 1.29 is 0 Å². The van der Waals surface area contributed by atoms with Gasteiger partial charge in [-0.25, -0.2) is 0 Å². The average molecular weight is 207 g/mol. The summed E-state index contributed by atoms with van der Waals surface area (Å²) >= 11 is 0. The first kappa shape index (κ1) is 10.1. The van der Waals surface area contributed by atoms with Gasteiger partial charge >= 0.3 is 0 Å². The molecule has 0 bridgehead atoms. The van der Waals surface area contributed by atoms with E-state index in [1.807, 2.05) is 0 Å². The van der Waals surface area contributed by atoms with E-state index < -0.39 is 0 Å². The second-order valence-corrected chi connectivity index (χ2v) is 6.62. The van der Waals surface area contributed by atoms with Crippen molar-refractivity contribution >= 4 is 0 Å². The lowest BCUT2D eigenvalue weighted by molar-refractivity contribution is 0.313. The van der Waals surface area contributed by atoms with E-state index >= 15 is 0 Å². The van der Waals surface area contributed by atoms with E-state index in [4.69, 9.17) is 0 Å². The summed E-state index contributed by atoms with van der Waals surface area (Å²) in [5, 5.41) is 3.83. The van der Waals surface area contributed by atoms with Crippen molar-refractivity contribution in [2.45, 2.75) is 58.4 Å². The zero-order valence-electron chi connectivity index (χ0n) is 10.3. The van der Waals surface area contributed by atoms with Crippen molar-refractivity contribution in [2.75, 3.05) is 6.54 Å². The van der Waals surface area contributed by atoms with Crippen molar-refractivity contribution in [3.8, 4) is 0 Å². The molecule has 0 radical (unpaired) electrons. The zero-order chi connectivity index (χ0) is 10.5. The summed E-state index contributed by atoms with van der Waals surface area (Å²) in [7, 11) is 0. The van der Waals surface area contributed by atoms with Gasteiger partial charge in [0.2, 0.25) is 0 Å². The van der Waals surface area contributed by atoms with E-state index in [0.29, 0.717) is 5.41 Å². The molecule has 3 fully saturated rings. The van der Waals surface area contributed by atoms with Gasteiger partial charge in [-0.15, -0.1) is 0 Å². The maximum atomic E-state index is 3.83. The normalized spacial score (nSPS) is 30.6. The number of hydrogen-bond donors (Lipinski definition) is 1. The molecular weight excluding hydrogens is 182 g/mol. The summed E-state index contributed by atoms with van der Waals surface area (Å²) in [5.41, 5.74) is 0.650. The Labute approximate surface area is 94.0 Å². The van der Waals surface area contributed by atoms with Crippen molar-refractivity contribution in [3.63, 3.8) is 0 Å². The predicted molar refractivity (Wildman–Crippen MR) is 63.7 cm³/mol. The standard InChI is InChI=1S/C14H25N/c1-10(14(2)7-8-14)15-9-13(11-3-4-11)12-5-6-12/h10-13,15H,3-9H2,1-2H3. The molecule has 3 aliphatic carbocycles. The van der Waals surface area contributed by atoms with Crippen LogP contribution in [0.15, 0.2) is 0 Å². The highest BCUT2D eigenvalue weighted by molar-refractivity contribution is 4.98. The molecule has 1 atom stereocenters. The third kappa shape index (κ3) is 2.22. The predicted octanol–water partition coefficient (Wildman–Crippen LogP) is 3.20. The van der Waals surface area contributed by atoms with Gasteiger partial charge in [0.15, 0.2) is 0 Å². The van der Waals surface area contributed by atoms with Gasteiger partial charge in [0.05, 0.1) is 0 Å². The molecular formula is C14H25N. The summed E-state index contributed by atoms with van der Waals surface area (Å²) in [6.07, 6.45) is 8.98. The van der Waals surface area contributed by atoms with Crippen LogP contribution in [0.1, 0.15) is 52.4 Å². The fourth-order valence-corrected chi connectivity index (χ4v) is 2.96. The summed E-state index contributed by atoms with van der Waals surface area (Å²) in [6, 6.07) is 0.748. The maximum absolute atomic E-state index is 3.83. The van der Waals surface area contributed by atoms with Gasteiger partial charge in [0.1, 0.15) is 0 Å². The maximum Gasteiger partial charge on any atom is 0.00926 e. The van der Waals surface area contributed by atoms with Crippen LogP contribution in [0, 0.1) is 23.2 Å². The van der Waals surface area contributed by atoms with Gasteiger partial charge in [-0.1, -0.05) is 6.92 Å². The number of rotatable bonds is 6. The first-order valence-electron chi connectivity index (χ1n) is 6.92. The van der Waals surface area contributed by atoms with E-state index in [-0.39, 0.29) is 0 Å². The molecule has 0 aromatic heterocycles. The molecule has 86 valence electrons. The van der Waals surface area contributed by atoms with Crippen LogP contribution in [-0.4, -0.2) is 12.6 Å². The van der Waals surface area contributed by atoms with Gasteiger partial charge < -0.3 is 5.32 Å². The number of nitrogens with one attached hydrogen (secondary N) is 1. The summed E-state index contributed by atoms with van der Waals surface area (Å²) in [6.45, 7) is 6.14. The van der Waals surface area contributed by atoms with Crippen LogP contribution in [0.3, 0.4) is 0 Å². The van der Waals surface area contributed by atoms with Gasteiger partial charge in [0.25, 0.3) is 0 Å². The monoisotopic (exact) mass is 207 g/mol. The minimum Gasteiger partial charge on any atom is -0.313 e. The Morgan fingerprint density at radius 2 is 1.67 bits per heavy atom. The van der Waals surface area contributed by atoms with Crippen LogP contribution in [0.5, 0.6) is 0 Å². The fraction of sp³-hybridized carbons (Fsp3) is 1.00. The third-order valence-electron chi connectivity index (χ3n) is 5.20. The summed E-state index contributed by atoms with van der Waals surface area (Å²) in [5.74, 6) is 3.24. The molecule has 0 aromatic carbocycles. The van der Waals surface area contributed by atoms with Crippen LogP contribution in [0.4, 0.5) is 0 Å². The lowest BCUT2D eigenvalue weighted by Crippen LogP contribution is -2.37. The molecule has 0 saturated heterocycles. The van der Waals surface area contributed by atoms with E-state index in [9.17, 15) is 0 Å². The first-order chi connectivity index (χ1) is 7.19. The Kier molecular flexibility index (Phi) is 2.35. The Balaban J connectivity index is 1.47. The van der Waals surface area contributed by atoms with Gasteiger partial charge in [-0.3, -0.25) is 0 Å². The Morgan fingerprint density at radius 3 is 2.07 bits per heavy atom. The van der Waals surface area contributed by atoms with Crippen LogP contribution < -0.4 is 5.32 Å².